The molecule has 6 heteroatoms. The summed E-state index contributed by atoms with van der Waals surface area (Å²) >= 11 is 4.55. The molecule has 0 aliphatic heterocycles. The Labute approximate surface area is 146 Å². The van der Waals surface area contributed by atoms with Gasteiger partial charge in [-0.25, -0.2) is 4.39 Å². The van der Waals surface area contributed by atoms with Crippen molar-refractivity contribution in [1.82, 2.24) is 0 Å². The van der Waals surface area contributed by atoms with E-state index in [9.17, 15) is 14.0 Å². The summed E-state index contributed by atoms with van der Waals surface area (Å²) in [6, 6.07) is 5.97. The van der Waals surface area contributed by atoms with Crippen molar-refractivity contribution >= 4 is 44.0 Å². The topological polar surface area (TPSA) is 46.2 Å². The maximum absolute atomic E-state index is 14.0. The number of nitrogens with one attached hydrogen (secondary N) is 1. The molecule has 23 heavy (non-hydrogen) atoms. The maximum Gasteiger partial charge on any atom is 0.235 e. The highest BCUT2D eigenvalue weighted by Crippen LogP contribution is 2.39. The highest BCUT2D eigenvalue weighted by molar-refractivity contribution is 9.09. The van der Waals surface area contributed by atoms with Crippen molar-refractivity contribution in [1.29, 1.82) is 0 Å². The lowest BCUT2D eigenvalue weighted by Gasteiger charge is -2.13. The van der Waals surface area contributed by atoms with Crippen LogP contribution in [0.25, 0.3) is 0 Å². The molecule has 3 nitrogen and oxygen atoms in total. The third kappa shape index (κ3) is 3.23. The van der Waals surface area contributed by atoms with Crippen LogP contribution in [0.1, 0.15) is 39.2 Å². The van der Waals surface area contributed by atoms with Crippen LogP contribution in [0, 0.1) is 5.82 Å². The van der Waals surface area contributed by atoms with E-state index in [1.807, 2.05) is 0 Å². The first-order valence-electron chi connectivity index (χ1n) is 7.41. The molecule has 0 atom stereocenters. The van der Waals surface area contributed by atoms with E-state index >= 15 is 0 Å². The van der Waals surface area contributed by atoms with Gasteiger partial charge in [-0.2, -0.15) is 0 Å². The predicted molar refractivity (Wildman–Crippen MR) is 93.2 cm³/mol. The minimum Gasteiger partial charge on any atom is -0.316 e. The Kier molecular flexibility index (Phi) is 4.92. The van der Waals surface area contributed by atoms with Crippen LogP contribution in [0.4, 0.5) is 9.39 Å². The Balaban J connectivity index is 2.09. The van der Waals surface area contributed by atoms with Crippen LogP contribution >= 0.6 is 27.3 Å². The van der Waals surface area contributed by atoms with Gasteiger partial charge >= 0.3 is 0 Å². The van der Waals surface area contributed by atoms with E-state index in [-0.39, 0.29) is 22.6 Å². The predicted octanol–water partition coefficient (Wildman–Crippen LogP) is 4.33. The van der Waals surface area contributed by atoms with Gasteiger partial charge in [-0.1, -0.05) is 28.1 Å². The summed E-state index contributed by atoms with van der Waals surface area (Å²) in [5.74, 6) is -1.11. The fourth-order valence-corrected chi connectivity index (χ4v) is 4.28. The van der Waals surface area contributed by atoms with E-state index in [1.54, 1.807) is 12.1 Å². The van der Waals surface area contributed by atoms with Crippen LogP contribution < -0.4 is 5.32 Å². The van der Waals surface area contributed by atoms with E-state index in [1.165, 1.54) is 23.5 Å². The van der Waals surface area contributed by atoms with Gasteiger partial charge in [0.2, 0.25) is 5.91 Å². The molecular weight excluding hydrogens is 381 g/mol. The second-order valence-electron chi connectivity index (χ2n) is 5.41. The average Bonchev–Trinajstić information content (AvgIpc) is 2.92. The van der Waals surface area contributed by atoms with Gasteiger partial charge in [0.1, 0.15) is 10.8 Å². The zero-order valence-corrected chi connectivity index (χ0v) is 14.7. The Hall–Kier alpha value is -1.53. The molecule has 1 heterocycles. The third-order valence-electron chi connectivity index (χ3n) is 3.89. The summed E-state index contributed by atoms with van der Waals surface area (Å²) in [6.07, 6.45) is 3.78. The number of anilines is 1. The number of fused-ring (bicyclic) bond motifs is 1. The first-order valence-corrected chi connectivity index (χ1v) is 9.35. The highest BCUT2D eigenvalue weighted by atomic mass is 79.9. The molecular formula is C17H15BrFNO2S. The molecule has 0 unspecified atom stereocenters. The number of alkyl halides is 1. The zero-order valence-electron chi connectivity index (χ0n) is 12.3. The molecule has 1 N–H and O–H groups in total. The fourth-order valence-electron chi connectivity index (χ4n) is 2.83. The molecule has 0 fully saturated rings. The number of rotatable bonds is 4. The molecule has 0 radical (unpaired) electrons. The molecule has 0 saturated carbocycles. The first-order chi connectivity index (χ1) is 11.1. The normalized spacial score (nSPS) is 13.5. The SMILES string of the molecule is O=C(CBr)Nc1sc2c(c1C(=O)c1ccccc1F)CCCC2. The van der Waals surface area contributed by atoms with E-state index in [4.69, 9.17) is 0 Å². The fraction of sp³-hybridized carbons (Fsp3) is 0.294. The Bertz CT molecular complexity index is 772. The smallest absolute Gasteiger partial charge is 0.235 e. The zero-order chi connectivity index (χ0) is 16.4. The number of carbonyl (C=O) groups is 2. The summed E-state index contributed by atoms with van der Waals surface area (Å²) in [5.41, 5.74) is 1.48. The van der Waals surface area contributed by atoms with Crippen LogP contribution in [0.5, 0.6) is 0 Å². The van der Waals surface area contributed by atoms with Crippen molar-refractivity contribution in [2.75, 3.05) is 10.6 Å². The quantitative estimate of drug-likeness (QED) is 0.618. The molecule has 120 valence electrons. The van der Waals surface area contributed by atoms with E-state index < -0.39 is 5.82 Å². The van der Waals surface area contributed by atoms with Gasteiger partial charge in [0, 0.05) is 4.88 Å². The van der Waals surface area contributed by atoms with Crippen LogP contribution in [-0.2, 0) is 17.6 Å². The number of thiophene rings is 1. The molecule has 3 rings (SSSR count). The molecule has 1 aliphatic carbocycles. The lowest BCUT2D eigenvalue weighted by molar-refractivity contribution is -0.113. The number of hydrogen-bond donors (Lipinski definition) is 1. The van der Waals surface area contributed by atoms with E-state index in [0.717, 1.165) is 36.1 Å². The van der Waals surface area contributed by atoms with Gasteiger partial charge in [-0.15, -0.1) is 11.3 Å². The molecule has 1 aliphatic rings. The van der Waals surface area contributed by atoms with Gasteiger partial charge in [0.25, 0.3) is 0 Å². The van der Waals surface area contributed by atoms with Crippen LogP contribution in [0.3, 0.4) is 0 Å². The summed E-state index contributed by atoms with van der Waals surface area (Å²) in [6.45, 7) is 0. The van der Waals surface area contributed by atoms with Crippen molar-refractivity contribution in [3.8, 4) is 0 Å². The minimum atomic E-state index is -0.536. The lowest BCUT2D eigenvalue weighted by Crippen LogP contribution is -2.15. The number of benzene rings is 1. The number of carbonyl (C=O) groups excluding carboxylic acids is 2. The molecule has 2 aromatic rings. The summed E-state index contributed by atoms with van der Waals surface area (Å²) in [7, 11) is 0. The standard InChI is InChI=1S/C17H15BrFNO2S/c18-9-14(21)20-17-15(11-6-2-4-8-13(11)23-17)16(22)10-5-1-3-7-12(10)19/h1,3,5,7H,2,4,6,8-9H2,(H,20,21). The molecule has 0 spiro atoms. The number of halogens is 2. The molecule has 0 saturated heterocycles. The van der Waals surface area contributed by atoms with Crippen molar-refractivity contribution in [2.24, 2.45) is 0 Å². The van der Waals surface area contributed by atoms with Gasteiger partial charge in [0.15, 0.2) is 5.78 Å². The lowest BCUT2D eigenvalue weighted by atomic mass is 9.92. The van der Waals surface area contributed by atoms with Crippen molar-refractivity contribution in [2.45, 2.75) is 25.7 Å². The number of aryl methyl sites for hydroxylation is 1. The minimum absolute atomic E-state index is 0.0491. The Morgan fingerprint density at radius 2 is 1.96 bits per heavy atom. The van der Waals surface area contributed by atoms with Gasteiger partial charge in [-0.3, -0.25) is 9.59 Å². The highest BCUT2D eigenvalue weighted by Gasteiger charge is 2.28. The third-order valence-corrected chi connectivity index (χ3v) is 5.61. The molecule has 1 aromatic carbocycles. The summed E-state index contributed by atoms with van der Waals surface area (Å²) in [4.78, 5) is 25.8. The monoisotopic (exact) mass is 395 g/mol. The molecule has 1 aromatic heterocycles. The van der Waals surface area contributed by atoms with E-state index in [0.29, 0.717) is 10.6 Å². The van der Waals surface area contributed by atoms with Gasteiger partial charge < -0.3 is 5.32 Å². The number of amides is 1. The van der Waals surface area contributed by atoms with Crippen LogP contribution in [0.15, 0.2) is 24.3 Å². The van der Waals surface area contributed by atoms with Crippen LogP contribution in [-0.4, -0.2) is 17.0 Å². The second kappa shape index (κ2) is 6.93. The van der Waals surface area contributed by atoms with Crippen molar-refractivity contribution < 1.29 is 14.0 Å². The van der Waals surface area contributed by atoms with Gasteiger partial charge in [0.05, 0.1) is 16.5 Å². The molecule has 1 amide bonds. The molecule has 0 bridgehead atoms. The second-order valence-corrected chi connectivity index (χ2v) is 7.07. The van der Waals surface area contributed by atoms with Crippen molar-refractivity contribution in [3.63, 3.8) is 0 Å². The first kappa shape index (κ1) is 16.3. The number of ketones is 1. The Morgan fingerprint density at radius 3 is 2.70 bits per heavy atom. The van der Waals surface area contributed by atoms with Gasteiger partial charge in [-0.05, 0) is 43.4 Å². The van der Waals surface area contributed by atoms with Crippen LogP contribution in [0.2, 0.25) is 0 Å². The van der Waals surface area contributed by atoms with E-state index in [2.05, 4.69) is 21.2 Å². The maximum atomic E-state index is 14.0. The van der Waals surface area contributed by atoms with Crippen molar-refractivity contribution in [3.05, 3.63) is 51.7 Å². The largest absolute Gasteiger partial charge is 0.316 e. The summed E-state index contributed by atoms with van der Waals surface area (Å²) in [5, 5.41) is 3.47. The average molecular weight is 396 g/mol. The summed E-state index contributed by atoms with van der Waals surface area (Å²) < 4.78 is 14.0. The number of hydrogen-bond acceptors (Lipinski definition) is 3. The Morgan fingerprint density at radius 1 is 1.22 bits per heavy atom.